The molecule has 0 fully saturated rings. The van der Waals surface area contributed by atoms with Crippen molar-refractivity contribution < 1.29 is 28.6 Å². The highest BCUT2D eigenvalue weighted by molar-refractivity contribution is 5.98. The molecule has 0 aliphatic rings. The average molecular weight is 400 g/mol. The van der Waals surface area contributed by atoms with E-state index in [0.717, 1.165) is 0 Å². The van der Waals surface area contributed by atoms with Gasteiger partial charge in [0.05, 0.1) is 19.3 Å². The van der Waals surface area contributed by atoms with Crippen LogP contribution in [0.15, 0.2) is 42.5 Å². The van der Waals surface area contributed by atoms with Crippen LogP contribution in [0.3, 0.4) is 0 Å². The Morgan fingerprint density at radius 3 is 2.45 bits per heavy atom. The van der Waals surface area contributed by atoms with Gasteiger partial charge in [0.1, 0.15) is 0 Å². The third kappa shape index (κ3) is 6.24. The number of carbonyl (C=O) groups is 3. The van der Waals surface area contributed by atoms with Crippen molar-refractivity contribution in [3.8, 4) is 11.5 Å². The number of methoxy groups -OCH3 is 1. The summed E-state index contributed by atoms with van der Waals surface area (Å²) in [6, 6.07) is 11.1. The molecule has 2 aromatic carbocycles. The van der Waals surface area contributed by atoms with E-state index in [4.69, 9.17) is 14.2 Å². The van der Waals surface area contributed by atoms with Gasteiger partial charge in [-0.3, -0.25) is 9.59 Å². The van der Waals surface area contributed by atoms with E-state index in [9.17, 15) is 14.4 Å². The van der Waals surface area contributed by atoms with E-state index in [-0.39, 0.29) is 11.5 Å². The molecule has 0 heterocycles. The van der Waals surface area contributed by atoms with Gasteiger partial charge in [-0.2, -0.15) is 0 Å². The van der Waals surface area contributed by atoms with Crippen LogP contribution in [-0.2, 0) is 9.53 Å². The van der Waals surface area contributed by atoms with Crippen molar-refractivity contribution in [1.29, 1.82) is 0 Å². The number of hydrogen-bond acceptors (Lipinski definition) is 6. The standard InChI is InChI=1S/C21H24N2O6/c1-4-22-20(25)14-7-6-8-16(11-14)23-19(24)13-29-21(26)15-9-10-17(27-3)18(12-15)28-5-2/h6-12H,4-5,13H2,1-3H3,(H,22,25)(H,23,24). The fourth-order valence-corrected chi connectivity index (χ4v) is 2.48. The second kappa shape index (κ2) is 10.7. The quantitative estimate of drug-likeness (QED) is 0.628. The van der Waals surface area contributed by atoms with Gasteiger partial charge in [-0.25, -0.2) is 4.79 Å². The van der Waals surface area contributed by atoms with Gasteiger partial charge >= 0.3 is 5.97 Å². The average Bonchev–Trinajstić information content (AvgIpc) is 2.72. The minimum absolute atomic E-state index is 0.236. The van der Waals surface area contributed by atoms with Crippen LogP contribution in [0.5, 0.6) is 11.5 Å². The number of carbonyl (C=O) groups excluding carboxylic acids is 3. The van der Waals surface area contributed by atoms with Gasteiger partial charge in [0.25, 0.3) is 11.8 Å². The van der Waals surface area contributed by atoms with Gasteiger partial charge in [0.15, 0.2) is 18.1 Å². The number of rotatable bonds is 9. The molecular formula is C21H24N2O6. The van der Waals surface area contributed by atoms with Gasteiger partial charge in [0, 0.05) is 17.8 Å². The molecule has 0 saturated carbocycles. The van der Waals surface area contributed by atoms with Crippen LogP contribution < -0.4 is 20.1 Å². The smallest absolute Gasteiger partial charge is 0.338 e. The molecule has 0 radical (unpaired) electrons. The Bertz CT molecular complexity index is 881. The molecule has 2 N–H and O–H groups in total. The predicted molar refractivity (Wildman–Crippen MR) is 108 cm³/mol. The molecule has 0 saturated heterocycles. The van der Waals surface area contributed by atoms with E-state index < -0.39 is 18.5 Å². The van der Waals surface area contributed by atoms with Gasteiger partial charge in [-0.05, 0) is 50.2 Å². The second-order valence-electron chi connectivity index (χ2n) is 5.86. The number of esters is 1. The lowest BCUT2D eigenvalue weighted by molar-refractivity contribution is -0.119. The van der Waals surface area contributed by atoms with E-state index in [2.05, 4.69) is 10.6 Å². The summed E-state index contributed by atoms with van der Waals surface area (Å²) >= 11 is 0. The zero-order valence-electron chi connectivity index (χ0n) is 16.6. The van der Waals surface area contributed by atoms with E-state index >= 15 is 0 Å². The van der Waals surface area contributed by atoms with Gasteiger partial charge in [-0.1, -0.05) is 6.07 Å². The molecule has 8 heteroatoms. The van der Waals surface area contributed by atoms with Gasteiger partial charge < -0.3 is 24.8 Å². The number of ether oxygens (including phenoxy) is 3. The predicted octanol–water partition coefficient (Wildman–Crippen LogP) is 2.64. The molecule has 2 rings (SSSR count). The molecule has 29 heavy (non-hydrogen) atoms. The summed E-state index contributed by atoms with van der Waals surface area (Å²) in [5.74, 6) is -0.520. The fourth-order valence-electron chi connectivity index (χ4n) is 2.48. The minimum atomic E-state index is -0.667. The van der Waals surface area contributed by atoms with Crippen molar-refractivity contribution in [2.75, 3.05) is 32.2 Å². The lowest BCUT2D eigenvalue weighted by Crippen LogP contribution is -2.23. The SMILES string of the molecule is CCNC(=O)c1cccc(NC(=O)COC(=O)c2ccc(OC)c(OCC)c2)c1. The maximum absolute atomic E-state index is 12.2. The molecule has 0 unspecified atom stereocenters. The van der Waals surface area contributed by atoms with Crippen molar-refractivity contribution in [3.63, 3.8) is 0 Å². The Morgan fingerprint density at radius 2 is 1.76 bits per heavy atom. The first-order chi connectivity index (χ1) is 14.0. The Labute approximate surface area is 169 Å². The van der Waals surface area contributed by atoms with Crippen LogP contribution in [0, 0.1) is 0 Å². The molecule has 0 spiro atoms. The summed E-state index contributed by atoms with van der Waals surface area (Å²) in [5, 5.41) is 5.28. The molecular weight excluding hydrogens is 376 g/mol. The topological polar surface area (TPSA) is 103 Å². The fraction of sp³-hybridized carbons (Fsp3) is 0.286. The summed E-state index contributed by atoms with van der Waals surface area (Å²) in [7, 11) is 1.50. The Morgan fingerprint density at radius 1 is 0.966 bits per heavy atom. The summed E-state index contributed by atoms with van der Waals surface area (Å²) in [6.07, 6.45) is 0. The Kier molecular flexibility index (Phi) is 8.02. The molecule has 154 valence electrons. The van der Waals surface area contributed by atoms with Crippen molar-refractivity contribution in [1.82, 2.24) is 5.32 Å². The summed E-state index contributed by atoms with van der Waals surface area (Å²) in [4.78, 5) is 36.2. The second-order valence-corrected chi connectivity index (χ2v) is 5.86. The van der Waals surface area contributed by atoms with Crippen LogP contribution in [-0.4, -0.2) is 44.7 Å². The van der Waals surface area contributed by atoms with Crippen LogP contribution in [0.2, 0.25) is 0 Å². The molecule has 0 aromatic heterocycles. The zero-order valence-corrected chi connectivity index (χ0v) is 16.6. The van der Waals surface area contributed by atoms with Crippen LogP contribution in [0.25, 0.3) is 0 Å². The molecule has 0 atom stereocenters. The third-order valence-corrected chi connectivity index (χ3v) is 3.78. The van der Waals surface area contributed by atoms with Crippen molar-refractivity contribution in [2.45, 2.75) is 13.8 Å². The molecule has 0 aliphatic carbocycles. The van der Waals surface area contributed by atoms with E-state index in [1.807, 2.05) is 13.8 Å². The lowest BCUT2D eigenvalue weighted by atomic mass is 10.2. The number of anilines is 1. The van der Waals surface area contributed by atoms with Crippen LogP contribution in [0.4, 0.5) is 5.69 Å². The van der Waals surface area contributed by atoms with E-state index in [0.29, 0.717) is 35.9 Å². The normalized spacial score (nSPS) is 10.0. The molecule has 2 amide bonds. The number of hydrogen-bond donors (Lipinski definition) is 2. The largest absolute Gasteiger partial charge is 0.493 e. The van der Waals surface area contributed by atoms with Gasteiger partial charge in [0.2, 0.25) is 0 Å². The Balaban J connectivity index is 1.95. The van der Waals surface area contributed by atoms with Crippen LogP contribution in [0.1, 0.15) is 34.6 Å². The van der Waals surface area contributed by atoms with E-state index in [1.165, 1.54) is 19.2 Å². The van der Waals surface area contributed by atoms with Crippen molar-refractivity contribution in [3.05, 3.63) is 53.6 Å². The first-order valence-electron chi connectivity index (χ1n) is 9.14. The highest BCUT2D eigenvalue weighted by Crippen LogP contribution is 2.28. The van der Waals surface area contributed by atoms with Crippen molar-refractivity contribution >= 4 is 23.5 Å². The molecule has 0 bridgehead atoms. The van der Waals surface area contributed by atoms with Gasteiger partial charge in [-0.15, -0.1) is 0 Å². The maximum atomic E-state index is 12.2. The summed E-state index contributed by atoms with van der Waals surface area (Å²) in [6.45, 7) is 4.07. The molecule has 2 aromatic rings. The maximum Gasteiger partial charge on any atom is 0.338 e. The highest BCUT2D eigenvalue weighted by atomic mass is 16.5. The first-order valence-corrected chi connectivity index (χ1v) is 9.14. The number of nitrogens with one attached hydrogen (secondary N) is 2. The first kappa shape index (κ1) is 21.7. The van der Waals surface area contributed by atoms with Crippen LogP contribution >= 0.6 is 0 Å². The molecule has 8 nitrogen and oxygen atoms in total. The molecule has 0 aliphatic heterocycles. The summed E-state index contributed by atoms with van der Waals surface area (Å²) in [5.41, 5.74) is 1.08. The third-order valence-electron chi connectivity index (χ3n) is 3.78. The summed E-state index contributed by atoms with van der Waals surface area (Å²) < 4.78 is 15.7. The number of amides is 2. The number of benzene rings is 2. The van der Waals surface area contributed by atoms with Crippen molar-refractivity contribution in [2.24, 2.45) is 0 Å². The minimum Gasteiger partial charge on any atom is -0.493 e. The monoisotopic (exact) mass is 400 g/mol. The lowest BCUT2D eigenvalue weighted by Gasteiger charge is -2.11. The Hall–Kier alpha value is -3.55. The van der Waals surface area contributed by atoms with E-state index in [1.54, 1.807) is 30.3 Å². The zero-order chi connectivity index (χ0) is 21.2. The highest BCUT2D eigenvalue weighted by Gasteiger charge is 2.14.